The number of carbonyl (C=O) groups is 2. The number of benzene rings is 2. The quantitative estimate of drug-likeness (QED) is 0.808. The van der Waals surface area contributed by atoms with Crippen molar-refractivity contribution in [3.63, 3.8) is 0 Å². The number of nitrogens with zero attached hydrogens (tertiary/aromatic N) is 1. The summed E-state index contributed by atoms with van der Waals surface area (Å²) in [7, 11) is 1.63. The molecule has 29 heavy (non-hydrogen) atoms. The molecule has 4 rings (SSSR count). The van der Waals surface area contributed by atoms with E-state index < -0.39 is 6.04 Å². The molecule has 1 N–H and O–H groups in total. The molecule has 152 valence electrons. The maximum Gasteiger partial charge on any atom is 0.227 e. The van der Waals surface area contributed by atoms with Crippen LogP contribution < -0.4 is 15.0 Å². The van der Waals surface area contributed by atoms with Crippen molar-refractivity contribution in [2.45, 2.75) is 38.6 Å². The summed E-state index contributed by atoms with van der Waals surface area (Å²) in [5.74, 6) is 1.06. The normalized spacial score (nSPS) is 21.7. The van der Waals surface area contributed by atoms with Gasteiger partial charge >= 0.3 is 0 Å². The van der Waals surface area contributed by atoms with Gasteiger partial charge in [-0.2, -0.15) is 0 Å². The molecular formula is C24H28N2O3. The topological polar surface area (TPSA) is 58.6 Å². The van der Waals surface area contributed by atoms with Crippen molar-refractivity contribution < 1.29 is 14.3 Å². The minimum absolute atomic E-state index is 0.0254. The van der Waals surface area contributed by atoms with Crippen LogP contribution in [0.5, 0.6) is 5.75 Å². The van der Waals surface area contributed by atoms with Crippen LogP contribution in [0, 0.1) is 18.8 Å². The molecule has 2 atom stereocenters. The van der Waals surface area contributed by atoms with E-state index in [1.165, 1.54) is 12.8 Å². The zero-order chi connectivity index (χ0) is 20.4. The van der Waals surface area contributed by atoms with E-state index >= 15 is 0 Å². The van der Waals surface area contributed by atoms with Gasteiger partial charge in [-0.25, -0.2) is 0 Å². The van der Waals surface area contributed by atoms with Gasteiger partial charge in [0.05, 0.1) is 19.1 Å². The molecule has 1 heterocycles. The number of methoxy groups -OCH3 is 1. The number of ether oxygens (including phenoxy) is 1. The Morgan fingerprint density at radius 1 is 1.10 bits per heavy atom. The zero-order valence-corrected chi connectivity index (χ0v) is 17.1. The fourth-order valence-corrected chi connectivity index (χ4v) is 4.14. The number of carbonyl (C=O) groups excluding carboxylic acids is 2. The fraction of sp³-hybridized carbons (Fsp3) is 0.417. The summed E-state index contributed by atoms with van der Waals surface area (Å²) in [6.45, 7) is 2.75. The maximum atomic E-state index is 13.2. The Balaban J connectivity index is 1.74. The van der Waals surface area contributed by atoms with Gasteiger partial charge < -0.3 is 15.0 Å². The first-order chi connectivity index (χ1) is 14.1. The highest BCUT2D eigenvalue weighted by atomic mass is 16.5. The number of hydrogen-bond acceptors (Lipinski definition) is 3. The van der Waals surface area contributed by atoms with Crippen molar-refractivity contribution >= 4 is 17.5 Å². The molecule has 2 aromatic carbocycles. The summed E-state index contributed by atoms with van der Waals surface area (Å²) in [5, 5.41) is 3.13. The van der Waals surface area contributed by atoms with E-state index in [0.29, 0.717) is 24.5 Å². The van der Waals surface area contributed by atoms with Gasteiger partial charge in [0.15, 0.2) is 0 Å². The van der Waals surface area contributed by atoms with Crippen molar-refractivity contribution in [3.8, 4) is 5.75 Å². The van der Waals surface area contributed by atoms with Crippen LogP contribution in [0.25, 0.3) is 0 Å². The van der Waals surface area contributed by atoms with Gasteiger partial charge in [-0.1, -0.05) is 35.9 Å². The molecule has 0 bridgehead atoms. The Morgan fingerprint density at radius 3 is 2.52 bits per heavy atom. The van der Waals surface area contributed by atoms with Crippen molar-refractivity contribution in [2.24, 2.45) is 11.8 Å². The largest absolute Gasteiger partial charge is 0.496 e. The monoisotopic (exact) mass is 392 g/mol. The van der Waals surface area contributed by atoms with Crippen LogP contribution in [0.2, 0.25) is 0 Å². The summed E-state index contributed by atoms with van der Waals surface area (Å²) in [6.07, 6.45) is 3.28. The second-order valence-electron chi connectivity index (χ2n) is 8.12. The average molecular weight is 392 g/mol. The molecule has 0 radical (unpaired) electrons. The number of anilines is 1. The van der Waals surface area contributed by atoms with Crippen LogP contribution in [0.4, 0.5) is 5.69 Å². The molecule has 1 aliphatic carbocycles. The highest BCUT2D eigenvalue weighted by Gasteiger charge is 2.42. The number of piperidine rings is 1. The molecule has 0 unspecified atom stereocenters. The first-order valence-corrected chi connectivity index (χ1v) is 10.4. The minimum Gasteiger partial charge on any atom is -0.496 e. The maximum absolute atomic E-state index is 13.2. The average Bonchev–Trinajstić information content (AvgIpc) is 3.57. The van der Waals surface area contributed by atoms with Crippen molar-refractivity contribution in [1.29, 1.82) is 0 Å². The van der Waals surface area contributed by atoms with Crippen molar-refractivity contribution in [2.75, 3.05) is 18.6 Å². The number of nitrogens with one attached hydrogen (secondary N) is 1. The van der Waals surface area contributed by atoms with E-state index in [1.807, 2.05) is 55.5 Å². The van der Waals surface area contributed by atoms with E-state index in [0.717, 1.165) is 23.4 Å². The Kier molecular flexibility index (Phi) is 5.56. The lowest BCUT2D eigenvalue weighted by Gasteiger charge is -2.41. The van der Waals surface area contributed by atoms with E-state index in [-0.39, 0.29) is 17.7 Å². The summed E-state index contributed by atoms with van der Waals surface area (Å²) in [6, 6.07) is 15.2. The molecular weight excluding hydrogens is 364 g/mol. The van der Waals surface area contributed by atoms with Gasteiger partial charge in [0.2, 0.25) is 11.8 Å². The molecule has 2 aromatic rings. The van der Waals surface area contributed by atoms with Crippen LogP contribution in [-0.2, 0) is 9.59 Å². The summed E-state index contributed by atoms with van der Waals surface area (Å²) in [4.78, 5) is 28.0. The van der Waals surface area contributed by atoms with E-state index in [4.69, 9.17) is 4.74 Å². The predicted molar refractivity (Wildman–Crippen MR) is 113 cm³/mol. The predicted octanol–water partition coefficient (Wildman–Crippen LogP) is 4.01. The Morgan fingerprint density at radius 2 is 1.83 bits per heavy atom. The lowest BCUT2D eigenvalue weighted by Crippen LogP contribution is -2.48. The molecule has 1 saturated heterocycles. The van der Waals surface area contributed by atoms with Gasteiger partial charge in [-0.15, -0.1) is 0 Å². The number of hydrogen-bond donors (Lipinski definition) is 1. The molecule has 2 amide bonds. The lowest BCUT2D eigenvalue weighted by atomic mass is 9.82. The van der Waals surface area contributed by atoms with Gasteiger partial charge in [0, 0.05) is 24.2 Å². The molecule has 1 aliphatic heterocycles. The second-order valence-corrected chi connectivity index (χ2v) is 8.12. The van der Waals surface area contributed by atoms with Crippen LogP contribution in [0.15, 0.2) is 48.5 Å². The second kappa shape index (κ2) is 8.27. The third-order valence-electron chi connectivity index (χ3n) is 5.97. The first-order valence-electron chi connectivity index (χ1n) is 10.4. The molecule has 5 nitrogen and oxygen atoms in total. The highest BCUT2D eigenvalue weighted by molar-refractivity contribution is 5.97. The Bertz CT molecular complexity index is 889. The number of rotatable bonds is 6. The van der Waals surface area contributed by atoms with Crippen LogP contribution >= 0.6 is 0 Å². The van der Waals surface area contributed by atoms with Crippen molar-refractivity contribution in [1.82, 2.24) is 5.32 Å². The number of para-hydroxylation sites is 1. The number of amides is 2. The lowest BCUT2D eigenvalue weighted by molar-refractivity contribution is -0.129. The van der Waals surface area contributed by atoms with Gasteiger partial charge in [0.25, 0.3) is 0 Å². The van der Waals surface area contributed by atoms with Gasteiger partial charge in [-0.05, 0) is 50.3 Å². The Labute approximate surface area is 172 Å². The molecule has 1 saturated carbocycles. The third-order valence-corrected chi connectivity index (χ3v) is 5.97. The summed E-state index contributed by atoms with van der Waals surface area (Å²) >= 11 is 0. The highest BCUT2D eigenvalue weighted by Crippen LogP contribution is 2.43. The minimum atomic E-state index is -0.394. The van der Waals surface area contributed by atoms with Crippen LogP contribution in [0.3, 0.4) is 0 Å². The summed E-state index contributed by atoms with van der Waals surface area (Å²) < 4.78 is 5.60. The van der Waals surface area contributed by atoms with E-state index in [9.17, 15) is 9.59 Å². The van der Waals surface area contributed by atoms with Crippen molar-refractivity contribution in [3.05, 3.63) is 59.7 Å². The van der Waals surface area contributed by atoms with Gasteiger partial charge in [0.1, 0.15) is 5.75 Å². The third kappa shape index (κ3) is 4.14. The van der Waals surface area contributed by atoms with Crippen LogP contribution in [-0.4, -0.2) is 25.5 Å². The molecule has 0 spiro atoms. The van der Waals surface area contributed by atoms with E-state index in [2.05, 4.69) is 5.32 Å². The smallest absolute Gasteiger partial charge is 0.227 e. The summed E-state index contributed by atoms with van der Waals surface area (Å²) in [5.41, 5.74) is 2.82. The standard InChI is InChI=1S/C24H28N2O3/c1-16-7-11-18(12-8-16)26-22(27)14-13-20(24(28)25-15-17-9-10-17)23(26)19-5-3-4-6-21(19)29-2/h3-8,11-12,17,20,23H,9-10,13-15H2,1-2H3,(H,25,28)/t20-,23-/m1/s1. The first kappa shape index (κ1) is 19.5. The fourth-order valence-electron chi connectivity index (χ4n) is 4.14. The van der Waals surface area contributed by atoms with E-state index in [1.54, 1.807) is 12.0 Å². The van der Waals surface area contributed by atoms with Crippen LogP contribution in [0.1, 0.15) is 42.9 Å². The molecule has 0 aromatic heterocycles. The van der Waals surface area contributed by atoms with Gasteiger partial charge in [-0.3, -0.25) is 9.59 Å². The molecule has 2 fully saturated rings. The Hall–Kier alpha value is -2.82. The molecule has 2 aliphatic rings. The zero-order valence-electron chi connectivity index (χ0n) is 17.1. The molecule has 5 heteroatoms. The number of aryl methyl sites for hydroxylation is 1. The SMILES string of the molecule is COc1ccccc1[C@@H]1[C@H](C(=O)NCC2CC2)CCC(=O)N1c1ccc(C)cc1.